The van der Waals surface area contributed by atoms with Gasteiger partial charge in [0, 0.05) is 22.2 Å². The molecule has 0 saturated heterocycles. The first-order valence-electron chi connectivity index (χ1n) is 8.69. The summed E-state index contributed by atoms with van der Waals surface area (Å²) in [4.78, 5) is 8.90. The zero-order chi connectivity index (χ0) is 18.3. The number of phenols is 2. The first-order valence-corrected chi connectivity index (χ1v) is 8.69. The summed E-state index contributed by atoms with van der Waals surface area (Å²) in [6, 6.07) is 15.6. The van der Waals surface area contributed by atoms with E-state index in [0.717, 1.165) is 33.3 Å². The Labute approximate surface area is 151 Å². The maximum atomic E-state index is 10.6. The molecule has 2 N–H and O–H groups in total. The molecule has 26 heavy (non-hydrogen) atoms. The highest BCUT2D eigenvalue weighted by atomic mass is 16.3. The Hall–Kier alpha value is -3.14. The van der Waals surface area contributed by atoms with Crippen LogP contribution in [-0.2, 0) is 12.8 Å². The highest BCUT2D eigenvalue weighted by Gasteiger charge is 2.12. The van der Waals surface area contributed by atoms with Crippen LogP contribution in [0.15, 0.2) is 48.5 Å². The van der Waals surface area contributed by atoms with E-state index < -0.39 is 0 Å². The average molecular weight is 344 g/mol. The Kier molecular flexibility index (Phi) is 3.96. The molecule has 0 bridgehead atoms. The standard InChI is InChI=1S/C22H20N2O2/c1-13-3-5-15-7-9-17(21(25)19(15)23-13)11-12-18-10-8-16-6-4-14(2)24-20(16)22(18)26/h3-10,25-26H,11-12H2,1-2H3. The Morgan fingerprint density at radius 3 is 1.42 bits per heavy atom. The third-order valence-corrected chi connectivity index (χ3v) is 4.78. The van der Waals surface area contributed by atoms with Gasteiger partial charge in [0.15, 0.2) is 0 Å². The second kappa shape index (κ2) is 6.30. The molecule has 4 aromatic rings. The van der Waals surface area contributed by atoms with Crippen molar-refractivity contribution in [1.29, 1.82) is 0 Å². The van der Waals surface area contributed by atoms with Crippen molar-refractivity contribution in [2.45, 2.75) is 26.7 Å². The zero-order valence-electron chi connectivity index (χ0n) is 14.8. The van der Waals surface area contributed by atoms with Crippen LogP contribution in [0.2, 0.25) is 0 Å². The van der Waals surface area contributed by atoms with Crippen molar-refractivity contribution in [2.24, 2.45) is 0 Å². The van der Waals surface area contributed by atoms with Gasteiger partial charge >= 0.3 is 0 Å². The van der Waals surface area contributed by atoms with Crippen LogP contribution in [0.3, 0.4) is 0 Å². The van der Waals surface area contributed by atoms with Crippen LogP contribution in [0.4, 0.5) is 0 Å². The second-order valence-electron chi connectivity index (χ2n) is 6.70. The third-order valence-electron chi connectivity index (χ3n) is 4.78. The summed E-state index contributed by atoms with van der Waals surface area (Å²) in [6.07, 6.45) is 1.23. The van der Waals surface area contributed by atoms with Gasteiger partial charge in [0.25, 0.3) is 0 Å². The van der Waals surface area contributed by atoms with Crippen molar-refractivity contribution in [3.05, 3.63) is 71.0 Å². The van der Waals surface area contributed by atoms with Crippen molar-refractivity contribution >= 4 is 21.8 Å². The Morgan fingerprint density at radius 2 is 1.00 bits per heavy atom. The fourth-order valence-corrected chi connectivity index (χ4v) is 3.30. The molecular formula is C22H20N2O2. The van der Waals surface area contributed by atoms with Gasteiger partial charge in [0.1, 0.15) is 22.5 Å². The Bertz CT molecular complexity index is 1040. The molecule has 4 heteroatoms. The van der Waals surface area contributed by atoms with Gasteiger partial charge in [-0.1, -0.05) is 36.4 Å². The number of aromatic nitrogens is 2. The molecule has 0 aliphatic carbocycles. The molecule has 0 aliphatic heterocycles. The van der Waals surface area contributed by atoms with Crippen LogP contribution in [0, 0.1) is 13.8 Å². The van der Waals surface area contributed by atoms with E-state index >= 15 is 0 Å². The summed E-state index contributed by atoms with van der Waals surface area (Å²) >= 11 is 0. The van der Waals surface area contributed by atoms with Gasteiger partial charge in [0.2, 0.25) is 0 Å². The lowest BCUT2D eigenvalue weighted by molar-refractivity contribution is 0.467. The molecule has 0 unspecified atom stereocenters. The van der Waals surface area contributed by atoms with E-state index in [-0.39, 0.29) is 11.5 Å². The van der Waals surface area contributed by atoms with E-state index in [0.29, 0.717) is 23.9 Å². The van der Waals surface area contributed by atoms with E-state index in [2.05, 4.69) is 9.97 Å². The lowest BCUT2D eigenvalue weighted by atomic mass is 10.00. The van der Waals surface area contributed by atoms with Gasteiger partial charge in [-0.05, 0) is 49.9 Å². The minimum absolute atomic E-state index is 0.223. The number of aryl methyl sites for hydroxylation is 4. The molecule has 0 aliphatic rings. The van der Waals surface area contributed by atoms with Crippen LogP contribution >= 0.6 is 0 Å². The predicted molar refractivity (Wildman–Crippen MR) is 104 cm³/mol. The average Bonchev–Trinajstić information content (AvgIpc) is 2.63. The topological polar surface area (TPSA) is 66.2 Å². The van der Waals surface area contributed by atoms with E-state index in [9.17, 15) is 10.2 Å². The first-order chi connectivity index (χ1) is 12.5. The maximum Gasteiger partial charge on any atom is 0.145 e. The predicted octanol–water partition coefficient (Wildman–Crippen LogP) is 4.60. The van der Waals surface area contributed by atoms with Crippen molar-refractivity contribution in [3.63, 3.8) is 0 Å². The molecule has 0 atom stereocenters. The summed E-state index contributed by atoms with van der Waals surface area (Å²) < 4.78 is 0. The van der Waals surface area contributed by atoms with Crippen LogP contribution in [-0.4, -0.2) is 20.2 Å². The normalized spacial score (nSPS) is 11.3. The molecule has 0 fully saturated rings. The molecule has 0 radical (unpaired) electrons. The molecule has 0 amide bonds. The van der Waals surface area contributed by atoms with E-state index in [1.165, 1.54) is 0 Å². The van der Waals surface area contributed by atoms with E-state index in [4.69, 9.17) is 0 Å². The molecule has 2 aromatic carbocycles. The van der Waals surface area contributed by atoms with Gasteiger partial charge in [0.05, 0.1) is 0 Å². The molecule has 0 saturated carbocycles. The smallest absolute Gasteiger partial charge is 0.145 e. The van der Waals surface area contributed by atoms with Crippen molar-refractivity contribution in [2.75, 3.05) is 0 Å². The quantitative estimate of drug-likeness (QED) is 0.570. The monoisotopic (exact) mass is 344 g/mol. The summed E-state index contributed by atoms with van der Waals surface area (Å²) in [5.74, 6) is 0.445. The number of aromatic hydroxyl groups is 2. The van der Waals surface area contributed by atoms with Gasteiger partial charge in [-0.2, -0.15) is 0 Å². The Morgan fingerprint density at radius 1 is 0.615 bits per heavy atom. The number of rotatable bonds is 3. The summed E-state index contributed by atoms with van der Waals surface area (Å²) in [6.45, 7) is 3.82. The number of benzene rings is 2. The second-order valence-corrected chi connectivity index (χ2v) is 6.70. The van der Waals surface area contributed by atoms with Crippen molar-refractivity contribution in [1.82, 2.24) is 9.97 Å². The first kappa shape index (κ1) is 16.3. The number of phenolic OH excluding ortho intramolecular Hbond substituents is 2. The number of pyridine rings is 2. The minimum atomic E-state index is 0.223. The molecular weight excluding hydrogens is 324 g/mol. The highest BCUT2D eigenvalue weighted by molar-refractivity contribution is 5.86. The lowest BCUT2D eigenvalue weighted by Gasteiger charge is -2.10. The molecule has 0 spiro atoms. The van der Waals surface area contributed by atoms with Crippen LogP contribution in [0.25, 0.3) is 21.8 Å². The fourth-order valence-electron chi connectivity index (χ4n) is 3.30. The fraction of sp³-hybridized carbons (Fsp3) is 0.182. The number of hydrogen-bond donors (Lipinski definition) is 2. The molecule has 2 heterocycles. The number of hydrogen-bond acceptors (Lipinski definition) is 4. The summed E-state index contributed by atoms with van der Waals surface area (Å²) in [5, 5.41) is 23.0. The molecule has 2 aromatic heterocycles. The molecule has 4 rings (SSSR count). The minimum Gasteiger partial charge on any atom is -0.505 e. The maximum absolute atomic E-state index is 10.6. The summed E-state index contributed by atoms with van der Waals surface area (Å²) in [7, 11) is 0. The van der Waals surface area contributed by atoms with Gasteiger partial charge in [-0.15, -0.1) is 0 Å². The van der Waals surface area contributed by atoms with Gasteiger partial charge in [-0.25, -0.2) is 9.97 Å². The number of fused-ring (bicyclic) bond motifs is 2. The Balaban J connectivity index is 1.67. The third kappa shape index (κ3) is 2.84. The van der Waals surface area contributed by atoms with Gasteiger partial charge < -0.3 is 10.2 Å². The van der Waals surface area contributed by atoms with E-state index in [1.54, 1.807) is 0 Å². The highest BCUT2D eigenvalue weighted by Crippen LogP contribution is 2.31. The molecule has 130 valence electrons. The summed E-state index contributed by atoms with van der Waals surface area (Å²) in [5.41, 5.74) is 4.65. The molecule has 4 nitrogen and oxygen atoms in total. The van der Waals surface area contributed by atoms with E-state index in [1.807, 2.05) is 62.4 Å². The van der Waals surface area contributed by atoms with Gasteiger partial charge in [-0.3, -0.25) is 0 Å². The SMILES string of the molecule is Cc1ccc2ccc(CCc3ccc4ccc(C)nc4c3O)c(O)c2n1. The largest absolute Gasteiger partial charge is 0.505 e. The lowest BCUT2D eigenvalue weighted by Crippen LogP contribution is -1.95. The van der Waals surface area contributed by atoms with Crippen LogP contribution in [0.1, 0.15) is 22.5 Å². The van der Waals surface area contributed by atoms with Crippen LogP contribution in [0.5, 0.6) is 11.5 Å². The zero-order valence-corrected chi connectivity index (χ0v) is 14.8. The van der Waals surface area contributed by atoms with Crippen LogP contribution < -0.4 is 0 Å². The van der Waals surface area contributed by atoms with Crippen molar-refractivity contribution in [3.8, 4) is 11.5 Å². The number of nitrogens with zero attached hydrogens (tertiary/aromatic N) is 2. The van der Waals surface area contributed by atoms with Crippen molar-refractivity contribution < 1.29 is 10.2 Å².